The van der Waals surface area contributed by atoms with Crippen LogP contribution in [0.3, 0.4) is 0 Å². The number of hydrogen-bond donors (Lipinski definition) is 1. The number of benzene rings is 1. The van der Waals surface area contributed by atoms with Gasteiger partial charge in [0.15, 0.2) is 0 Å². The molecule has 0 radical (unpaired) electrons. The van der Waals surface area contributed by atoms with Gasteiger partial charge in [0.25, 0.3) is 0 Å². The number of aryl methyl sites for hydroxylation is 1. The number of urea groups is 1. The molecule has 0 saturated carbocycles. The maximum atomic E-state index is 12.4. The first-order valence-corrected chi connectivity index (χ1v) is 7.76. The molecule has 1 aromatic carbocycles. The van der Waals surface area contributed by atoms with E-state index in [1.54, 1.807) is 0 Å². The van der Waals surface area contributed by atoms with Crippen LogP contribution in [0.1, 0.15) is 37.0 Å². The van der Waals surface area contributed by atoms with Gasteiger partial charge in [-0.3, -0.25) is 0 Å². The standard InChI is InChI=1S/C18H24N2O2/c1-4-20(13-12-16-8-6-5-7-9-16)18(21)19-15(3)17-11-10-14(2)22-17/h5-11,15H,4,12-13H2,1-3H3,(H,19,21). The largest absolute Gasteiger partial charge is 0.464 e. The van der Waals surface area contributed by atoms with Crippen molar-refractivity contribution in [2.75, 3.05) is 13.1 Å². The predicted molar refractivity (Wildman–Crippen MR) is 87.8 cm³/mol. The highest BCUT2D eigenvalue weighted by Crippen LogP contribution is 2.15. The minimum absolute atomic E-state index is 0.0556. The molecular formula is C18H24N2O2. The van der Waals surface area contributed by atoms with E-state index in [0.29, 0.717) is 13.1 Å². The SMILES string of the molecule is CCN(CCc1ccccc1)C(=O)NC(C)c1ccc(C)o1. The van der Waals surface area contributed by atoms with Crippen LogP contribution in [0.2, 0.25) is 0 Å². The minimum Gasteiger partial charge on any atom is -0.464 e. The zero-order valence-corrected chi connectivity index (χ0v) is 13.5. The molecule has 2 rings (SSSR count). The molecule has 0 spiro atoms. The highest BCUT2D eigenvalue weighted by atomic mass is 16.3. The van der Waals surface area contributed by atoms with Crippen molar-refractivity contribution in [3.05, 3.63) is 59.5 Å². The summed E-state index contributed by atoms with van der Waals surface area (Å²) in [5.41, 5.74) is 1.24. The molecule has 0 aliphatic carbocycles. The Hall–Kier alpha value is -2.23. The average Bonchev–Trinajstić information content (AvgIpc) is 2.95. The van der Waals surface area contributed by atoms with E-state index in [-0.39, 0.29) is 12.1 Å². The van der Waals surface area contributed by atoms with Gasteiger partial charge in [-0.1, -0.05) is 30.3 Å². The lowest BCUT2D eigenvalue weighted by atomic mass is 10.1. The Morgan fingerprint density at radius 1 is 1.23 bits per heavy atom. The molecule has 22 heavy (non-hydrogen) atoms. The van der Waals surface area contributed by atoms with Crippen LogP contribution in [0.25, 0.3) is 0 Å². The van der Waals surface area contributed by atoms with Gasteiger partial charge in [0.2, 0.25) is 0 Å². The molecule has 1 aromatic heterocycles. The number of carbonyl (C=O) groups excluding carboxylic acids is 1. The van der Waals surface area contributed by atoms with E-state index in [9.17, 15) is 4.79 Å². The van der Waals surface area contributed by atoms with Gasteiger partial charge in [-0.25, -0.2) is 4.79 Å². The fourth-order valence-corrected chi connectivity index (χ4v) is 2.35. The van der Waals surface area contributed by atoms with Crippen molar-refractivity contribution < 1.29 is 9.21 Å². The summed E-state index contributed by atoms with van der Waals surface area (Å²) < 4.78 is 5.56. The van der Waals surface area contributed by atoms with Crippen molar-refractivity contribution in [2.45, 2.75) is 33.2 Å². The van der Waals surface area contributed by atoms with Crippen LogP contribution < -0.4 is 5.32 Å². The molecule has 4 heteroatoms. The Kier molecular flexibility index (Phi) is 5.64. The molecule has 1 heterocycles. The molecule has 0 fully saturated rings. The number of likely N-dealkylation sites (N-methyl/N-ethyl adjacent to an activating group) is 1. The van der Waals surface area contributed by atoms with Gasteiger partial charge in [0.1, 0.15) is 11.5 Å². The molecule has 1 atom stereocenters. The van der Waals surface area contributed by atoms with Gasteiger partial charge in [-0.2, -0.15) is 0 Å². The van der Waals surface area contributed by atoms with E-state index >= 15 is 0 Å². The molecule has 0 saturated heterocycles. The molecule has 1 N–H and O–H groups in total. The van der Waals surface area contributed by atoms with Crippen LogP contribution in [-0.4, -0.2) is 24.0 Å². The Bertz CT molecular complexity index is 592. The summed E-state index contributed by atoms with van der Waals surface area (Å²) in [6, 6.07) is 13.8. The van der Waals surface area contributed by atoms with Crippen LogP contribution in [0.5, 0.6) is 0 Å². The van der Waals surface area contributed by atoms with Gasteiger partial charge in [-0.15, -0.1) is 0 Å². The maximum absolute atomic E-state index is 12.4. The van der Waals surface area contributed by atoms with Crippen molar-refractivity contribution in [1.82, 2.24) is 10.2 Å². The Balaban J connectivity index is 1.88. The van der Waals surface area contributed by atoms with E-state index in [2.05, 4.69) is 17.4 Å². The summed E-state index contributed by atoms with van der Waals surface area (Å²) in [6.45, 7) is 7.21. The lowest BCUT2D eigenvalue weighted by molar-refractivity contribution is 0.196. The highest BCUT2D eigenvalue weighted by Gasteiger charge is 2.17. The second-order valence-electron chi connectivity index (χ2n) is 5.43. The molecule has 0 aliphatic heterocycles. The molecule has 2 aromatic rings. The summed E-state index contributed by atoms with van der Waals surface area (Å²) in [7, 11) is 0. The summed E-state index contributed by atoms with van der Waals surface area (Å²) in [6.07, 6.45) is 0.857. The molecule has 1 unspecified atom stereocenters. The van der Waals surface area contributed by atoms with E-state index in [4.69, 9.17) is 4.42 Å². The first kappa shape index (κ1) is 16.1. The smallest absolute Gasteiger partial charge is 0.317 e. The third-order valence-electron chi connectivity index (χ3n) is 3.71. The summed E-state index contributed by atoms with van der Waals surface area (Å²) in [5, 5.41) is 2.99. The number of hydrogen-bond acceptors (Lipinski definition) is 2. The first-order valence-electron chi connectivity index (χ1n) is 7.76. The van der Waals surface area contributed by atoms with E-state index < -0.39 is 0 Å². The third-order valence-corrected chi connectivity index (χ3v) is 3.71. The second kappa shape index (κ2) is 7.69. The normalized spacial score (nSPS) is 12.0. The van der Waals surface area contributed by atoms with Crippen molar-refractivity contribution in [1.29, 1.82) is 0 Å². The van der Waals surface area contributed by atoms with Crippen LogP contribution in [0.15, 0.2) is 46.9 Å². The van der Waals surface area contributed by atoms with Gasteiger partial charge in [0.05, 0.1) is 6.04 Å². The molecule has 118 valence electrons. The monoisotopic (exact) mass is 300 g/mol. The minimum atomic E-state index is -0.132. The van der Waals surface area contributed by atoms with Crippen LogP contribution in [0, 0.1) is 6.92 Å². The van der Waals surface area contributed by atoms with E-state index in [1.165, 1.54) is 5.56 Å². The number of furan rings is 1. The van der Waals surface area contributed by atoms with Crippen LogP contribution in [-0.2, 0) is 6.42 Å². The fraction of sp³-hybridized carbons (Fsp3) is 0.389. The van der Waals surface area contributed by atoms with Crippen molar-refractivity contribution in [3.63, 3.8) is 0 Å². The second-order valence-corrected chi connectivity index (χ2v) is 5.43. The fourth-order valence-electron chi connectivity index (χ4n) is 2.35. The number of carbonyl (C=O) groups is 1. The number of amides is 2. The van der Waals surface area contributed by atoms with Crippen LogP contribution in [0.4, 0.5) is 4.79 Å². The molecule has 4 nitrogen and oxygen atoms in total. The van der Waals surface area contributed by atoms with Crippen molar-refractivity contribution >= 4 is 6.03 Å². The molecular weight excluding hydrogens is 276 g/mol. The van der Waals surface area contributed by atoms with Gasteiger partial charge >= 0.3 is 6.03 Å². The zero-order valence-electron chi connectivity index (χ0n) is 13.5. The number of nitrogens with zero attached hydrogens (tertiary/aromatic N) is 1. The highest BCUT2D eigenvalue weighted by molar-refractivity contribution is 5.74. The van der Waals surface area contributed by atoms with Gasteiger partial charge < -0.3 is 14.6 Å². The Morgan fingerprint density at radius 2 is 1.95 bits per heavy atom. The van der Waals surface area contributed by atoms with Crippen molar-refractivity contribution in [3.8, 4) is 0 Å². The molecule has 0 bridgehead atoms. The van der Waals surface area contributed by atoms with Crippen LogP contribution >= 0.6 is 0 Å². The Morgan fingerprint density at radius 3 is 2.55 bits per heavy atom. The predicted octanol–water partition coefficient (Wildman–Crippen LogP) is 3.92. The first-order chi connectivity index (χ1) is 10.6. The van der Waals surface area contributed by atoms with Gasteiger partial charge in [-0.05, 0) is 44.9 Å². The Labute approximate surface area is 132 Å². The number of rotatable bonds is 6. The van der Waals surface area contributed by atoms with E-state index in [1.807, 2.05) is 56.0 Å². The molecule has 0 aliphatic rings. The summed E-state index contributed by atoms with van der Waals surface area (Å²) in [4.78, 5) is 14.2. The molecule has 2 amide bonds. The van der Waals surface area contributed by atoms with Crippen molar-refractivity contribution in [2.24, 2.45) is 0 Å². The maximum Gasteiger partial charge on any atom is 0.317 e. The summed E-state index contributed by atoms with van der Waals surface area (Å²) >= 11 is 0. The lowest BCUT2D eigenvalue weighted by Crippen LogP contribution is -2.41. The summed E-state index contributed by atoms with van der Waals surface area (Å²) in [5.74, 6) is 1.64. The number of nitrogens with one attached hydrogen (secondary N) is 1. The van der Waals surface area contributed by atoms with Gasteiger partial charge in [0, 0.05) is 13.1 Å². The lowest BCUT2D eigenvalue weighted by Gasteiger charge is -2.23. The average molecular weight is 300 g/mol. The zero-order chi connectivity index (χ0) is 15.9. The quantitative estimate of drug-likeness (QED) is 0.878. The van der Waals surface area contributed by atoms with E-state index in [0.717, 1.165) is 17.9 Å². The third kappa shape index (κ3) is 4.38. The topological polar surface area (TPSA) is 45.5 Å².